The van der Waals surface area contributed by atoms with E-state index in [0.29, 0.717) is 19.0 Å². The maximum absolute atomic E-state index is 13.5. The van der Waals surface area contributed by atoms with Crippen molar-refractivity contribution in [2.45, 2.75) is 25.8 Å². The van der Waals surface area contributed by atoms with Gasteiger partial charge in [-0.05, 0) is 18.4 Å². The zero-order valence-corrected chi connectivity index (χ0v) is 10.9. The van der Waals surface area contributed by atoms with Crippen molar-refractivity contribution >= 4 is 5.91 Å². The standard InChI is InChI=1S/C14H18F2N2O/c1-9-5-6-18(8-12(9)17)13(19)7-10-3-2-4-11(15)14(10)16/h2-4,9,12H,5-8,17H2,1H3. The van der Waals surface area contributed by atoms with Gasteiger partial charge in [-0.2, -0.15) is 0 Å². The first-order valence-electron chi connectivity index (χ1n) is 6.45. The highest BCUT2D eigenvalue weighted by Crippen LogP contribution is 2.18. The predicted octanol–water partition coefficient (Wildman–Crippen LogP) is 1.70. The summed E-state index contributed by atoms with van der Waals surface area (Å²) in [6, 6.07) is 3.84. The Balaban J connectivity index is 2.03. The molecule has 1 heterocycles. The number of halogens is 2. The number of amides is 1. The monoisotopic (exact) mass is 268 g/mol. The highest BCUT2D eigenvalue weighted by molar-refractivity contribution is 5.79. The minimum Gasteiger partial charge on any atom is -0.341 e. The van der Waals surface area contributed by atoms with Gasteiger partial charge in [0.25, 0.3) is 0 Å². The zero-order valence-electron chi connectivity index (χ0n) is 10.9. The molecule has 1 aliphatic heterocycles. The van der Waals surface area contributed by atoms with Gasteiger partial charge in [-0.15, -0.1) is 0 Å². The molecule has 2 atom stereocenters. The summed E-state index contributed by atoms with van der Waals surface area (Å²) in [5, 5.41) is 0. The molecule has 2 rings (SSSR count). The van der Waals surface area contributed by atoms with Gasteiger partial charge in [0.15, 0.2) is 11.6 Å². The molecule has 1 saturated heterocycles. The molecule has 0 aromatic heterocycles. The van der Waals surface area contributed by atoms with Crippen LogP contribution in [0.5, 0.6) is 0 Å². The lowest BCUT2D eigenvalue weighted by Crippen LogP contribution is -2.50. The molecule has 104 valence electrons. The Hall–Kier alpha value is -1.49. The van der Waals surface area contributed by atoms with Crippen molar-refractivity contribution in [2.24, 2.45) is 11.7 Å². The lowest BCUT2D eigenvalue weighted by Gasteiger charge is -2.35. The third-order valence-corrected chi connectivity index (χ3v) is 3.74. The second-order valence-corrected chi connectivity index (χ2v) is 5.16. The molecule has 2 N–H and O–H groups in total. The number of carbonyl (C=O) groups excluding carboxylic acids is 1. The number of piperidine rings is 1. The molecule has 1 amide bonds. The lowest BCUT2D eigenvalue weighted by molar-refractivity contribution is -0.132. The Bertz CT molecular complexity index is 479. The number of nitrogens with zero attached hydrogens (tertiary/aromatic N) is 1. The van der Waals surface area contributed by atoms with E-state index in [4.69, 9.17) is 5.73 Å². The van der Waals surface area contributed by atoms with E-state index < -0.39 is 11.6 Å². The maximum atomic E-state index is 13.5. The van der Waals surface area contributed by atoms with Crippen LogP contribution in [0.2, 0.25) is 0 Å². The van der Waals surface area contributed by atoms with Crippen molar-refractivity contribution in [3.8, 4) is 0 Å². The molecule has 3 nitrogen and oxygen atoms in total. The third kappa shape index (κ3) is 3.10. The normalized spacial score (nSPS) is 23.5. The molecule has 1 fully saturated rings. The summed E-state index contributed by atoms with van der Waals surface area (Å²) in [4.78, 5) is 13.7. The van der Waals surface area contributed by atoms with Crippen LogP contribution >= 0.6 is 0 Å². The van der Waals surface area contributed by atoms with E-state index in [1.807, 2.05) is 0 Å². The molecule has 19 heavy (non-hydrogen) atoms. The summed E-state index contributed by atoms with van der Waals surface area (Å²) in [6.45, 7) is 3.17. The van der Waals surface area contributed by atoms with Gasteiger partial charge in [-0.25, -0.2) is 8.78 Å². The Labute approximate surface area is 111 Å². The molecule has 0 bridgehead atoms. The first-order chi connectivity index (χ1) is 8.99. The molecular weight excluding hydrogens is 250 g/mol. The van der Waals surface area contributed by atoms with Gasteiger partial charge in [0.1, 0.15) is 0 Å². The second kappa shape index (κ2) is 5.65. The fourth-order valence-electron chi connectivity index (χ4n) is 2.29. The van der Waals surface area contributed by atoms with E-state index in [1.54, 1.807) is 4.90 Å². The van der Waals surface area contributed by atoms with Crippen LogP contribution in [-0.2, 0) is 11.2 Å². The van der Waals surface area contributed by atoms with Crippen LogP contribution < -0.4 is 5.73 Å². The van der Waals surface area contributed by atoms with Crippen molar-refractivity contribution in [1.82, 2.24) is 4.90 Å². The number of hydrogen-bond acceptors (Lipinski definition) is 2. The number of rotatable bonds is 2. The summed E-state index contributed by atoms with van der Waals surface area (Å²) in [6.07, 6.45) is 0.725. The Morgan fingerprint density at radius 1 is 1.47 bits per heavy atom. The van der Waals surface area contributed by atoms with Gasteiger partial charge in [0.2, 0.25) is 5.91 Å². The summed E-state index contributed by atoms with van der Waals surface area (Å²) in [7, 11) is 0. The highest BCUT2D eigenvalue weighted by atomic mass is 19.2. The van der Waals surface area contributed by atoms with Crippen molar-refractivity contribution in [1.29, 1.82) is 0 Å². The van der Waals surface area contributed by atoms with E-state index in [1.165, 1.54) is 12.1 Å². The minimum atomic E-state index is -0.939. The average Bonchev–Trinajstić information content (AvgIpc) is 2.38. The molecule has 1 aromatic carbocycles. The van der Waals surface area contributed by atoms with Crippen LogP contribution in [0.3, 0.4) is 0 Å². The van der Waals surface area contributed by atoms with E-state index >= 15 is 0 Å². The van der Waals surface area contributed by atoms with Gasteiger partial charge >= 0.3 is 0 Å². The molecule has 0 aliphatic carbocycles. The van der Waals surface area contributed by atoms with E-state index in [0.717, 1.165) is 12.5 Å². The molecule has 1 aromatic rings. The second-order valence-electron chi connectivity index (χ2n) is 5.16. The molecule has 0 radical (unpaired) electrons. The van der Waals surface area contributed by atoms with Gasteiger partial charge in [-0.3, -0.25) is 4.79 Å². The van der Waals surface area contributed by atoms with E-state index in [-0.39, 0.29) is 23.9 Å². The summed E-state index contributed by atoms with van der Waals surface area (Å²) < 4.78 is 26.6. The minimum absolute atomic E-state index is 0.0462. The summed E-state index contributed by atoms with van der Waals surface area (Å²) >= 11 is 0. The van der Waals surface area contributed by atoms with Crippen LogP contribution in [0.15, 0.2) is 18.2 Å². The molecule has 5 heteroatoms. The number of hydrogen-bond donors (Lipinski definition) is 1. The largest absolute Gasteiger partial charge is 0.341 e. The Kier molecular flexibility index (Phi) is 4.14. The lowest BCUT2D eigenvalue weighted by atomic mass is 9.94. The van der Waals surface area contributed by atoms with Crippen LogP contribution in [0.1, 0.15) is 18.9 Å². The van der Waals surface area contributed by atoms with Crippen LogP contribution in [0, 0.1) is 17.6 Å². The number of likely N-dealkylation sites (tertiary alicyclic amines) is 1. The van der Waals surface area contributed by atoms with Crippen molar-refractivity contribution < 1.29 is 13.6 Å². The molecule has 0 spiro atoms. The summed E-state index contributed by atoms with van der Waals surface area (Å²) in [5.74, 6) is -1.68. The number of carbonyl (C=O) groups is 1. The topological polar surface area (TPSA) is 46.3 Å². The summed E-state index contributed by atoms with van der Waals surface area (Å²) in [5.41, 5.74) is 6.02. The van der Waals surface area contributed by atoms with Gasteiger partial charge in [-0.1, -0.05) is 19.1 Å². The van der Waals surface area contributed by atoms with Crippen LogP contribution in [0.25, 0.3) is 0 Å². The van der Waals surface area contributed by atoms with Crippen LogP contribution in [-0.4, -0.2) is 29.9 Å². The molecule has 0 saturated carbocycles. The maximum Gasteiger partial charge on any atom is 0.227 e. The van der Waals surface area contributed by atoms with Crippen molar-refractivity contribution in [2.75, 3.05) is 13.1 Å². The van der Waals surface area contributed by atoms with Crippen LogP contribution in [0.4, 0.5) is 8.78 Å². The van der Waals surface area contributed by atoms with Gasteiger partial charge < -0.3 is 10.6 Å². The predicted molar refractivity (Wildman–Crippen MR) is 68.4 cm³/mol. The smallest absolute Gasteiger partial charge is 0.227 e. The Morgan fingerprint density at radius 2 is 2.21 bits per heavy atom. The molecule has 1 aliphatic rings. The molecular formula is C14H18F2N2O. The fourth-order valence-corrected chi connectivity index (χ4v) is 2.29. The number of benzene rings is 1. The first-order valence-corrected chi connectivity index (χ1v) is 6.45. The van der Waals surface area contributed by atoms with Gasteiger partial charge in [0, 0.05) is 24.7 Å². The van der Waals surface area contributed by atoms with Crippen molar-refractivity contribution in [3.05, 3.63) is 35.4 Å². The third-order valence-electron chi connectivity index (χ3n) is 3.74. The highest BCUT2D eigenvalue weighted by Gasteiger charge is 2.26. The fraction of sp³-hybridized carbons (Fsp3) is 0.500. The average molecular weight is 268 g/mol. The quantitative estimate of drug-likeness (QED) is 0.887. The van der Waals surface area contributed by atoms with Crippen molar-refractivity contribution in [3.63, 3.8) is 0 Å². The number of nitrogens with two attached hydrogens (primary N) is 1. The van der Waals surface area contributed by atoms with Gasteiger partial charge in [0.05, 0.1) is 6.42 Å². The van der Waals surface area contributed by atoms with E-state index in [9.17, 15) is 13.6 Å². The SMILES string of the molecule is CC1CCN(C(=O)Cc2cccc(F)c2F)CC1N. The Morgan fingerprint density at radius 3 is 2.89 bits per heavy atom. The first kappa shape index (κ1) is 13.9. The zero-order chi connectivity index (χ0) is 14.0. The van der Waals surface area contributed by atoms with E-state index in [2.05, 4.69) is 6.92 Å². The molecule has 2 unspecified atom stereocenters.